The molecule has 3 amide bonds. The molecule has 12 heteroatoms. The van der Waals surface area contributed by atoms with Crippen LogP contribution in [0.4, 0.5) is 0 Å². The van der Waals surface area contributed by atoms with Crippen LogP contribution < -0.4 is 21.7 Å². The number of nitrogens with one attached hydrogen (secondary N) is 3. The second kappa shape index (κ2) is 11.9. The first-order valence-electron chi connectivity index (χ1n) is 8.66. The fourth-order valence-corrected chi connectivity index (χ4v) is 2.09. The van der Waals surface area contributed by atoms with Crippen molar-refractivity contribution in [3.8, 4) is 0 Å². The van der Waals surface area contributed by atoms with Crippen LogP contribution in [0.5, 0.6) is 0 Å². The summed E-state index contributed by atoms with van der Waals surface area (Å²) in [5.74, 6) is -5.78. The highest BCUT2D eigenvalue weighted by atomic mass is 16.4. The van der Waals surface area contributed by atoms with Gasteiger partial charge in [0.2, 0.25) is 17.7 Å². The van der Waals surface area contributed by atoms with Gasteiger partial charge in [0.1, 0.15) is 24.2 Å². The molecule has 12 nitrogen and oxygen atoms in total. The number of carboxylic acids is 2. The van der Waals surface area contributed by atoms with Crippen molar-refractivity contribution in [2.45, 2.75) is 57.8 Å². The summed E-state index contributed by atoms with van der Waals surface area (Å²) in [7, 11) is 0. The van der Waals surface area contributed by atoms with Gasteiger partial charge in [-0.15, -0.1) is 0 Å². The SMILES string of the molecule is CCC(C)C(NC(=O)C(CC(=O)O)NC(=O)C(C)NC(=O)C(N)CO)C(=O)O. The standard InChI is InChI=1S/C16H28N4O8/c1-4-7(2)12(16(27)28)20-15(26)10(5-11(22)23)19-13(24)8(3)18-14(25)9(17)6-21/h7-10,12,21H,4-6,17H2,1-3H3,(H,18,25)(H,19,24)(H,20,26)(H,22,23)(H,27,28). The number of aliphatic carboxylic acids is 2. The maximum atomic E-state index is 12.4. The Labute approximate surface area is 161 Å². The summed E-state index contributed by atoms with van der Waals surface area (Å²) in [6.45, 7) is 3.96. The first-order valence-corrected chi connectivity index (χ1v) is 8.66. The van der Waals surface area contributed by atoms with Crippen molar-refractivity contribution in [1.29, 1.82) is 0 Å². The zero-order valence-electron chi connectivity index (χ0n) is 16.0. The topological polar surface area (TPSA) is 208 Å². The second-order valence-electron chi connectivity index (χ2n) is 6.39. The van der Waals surface area contributed by atoms with E-state index in [1.807, 2.05) is 0 Å². The molecule has 8 N–H and O–H groups in total. The van der Waals surface area contributed by atoms with Crippen molar-refractivity contribution in [2.24, 2.45) is 11.7 Å². The minimum Gasteiger partial charge on any atom is -0.481 e. The molecule has 5 unspecified atom stereocenters. The van der Waals surface area contributed by atoms with Crippen molar-refractivity contribution in [3.05, 3.63) is 0 Å². The number of hydrogen-bond donors (Lipinski definition) is 7. The Hall–Kier alpha value is -2.73. The van der Waals surface area contributed by atoms with Gasteiger partial charge in [0.05, 0.1) is 13.0 Å². The van der Waals surface area contributed by atoms with E-state index in [1.54, 1.807) is 13.8 Å². The molecule has 0 heterocycles. The van der Waals surface area contributed by atoms with Gasteiger partial charge in [0, 0.05) is 0 Å². The van der Waals surface area contributed by atoms with Gasteiger partial charge in [0.15, 0.2) is 0 Å². The van der Waals surface area contributed by atoms with E-state index in [0.717, 1.165) is 0 Å². The van der Waals surface area contributed by atoms with Crippen LogP contribution in [0, 0.1) is 5.92 Å². The molecule has 5 atom stereocenters. The number of nitrogens with two attached hydrogens (primary N) is 1. The highest BCUT2D eigenvalue weighted by molar-refractivity contribution is 5.95. The van der Waals surface area contributed by atoms with Crippen LogP contribution in [0.3, 0.4) is 0 Å². The normalized spacial score (nSPS) is 16.0. The molecule has 0 fully saturated rings. The highest BCUT2D eigenvalue weighted by Crippen LogP contribution is 2.09. The Morgan fingerprint density at radius 2 is 1.50 bits per heavy atom. The predicted octanol–water partition coefficient (Wildman–Crippen LogP) is -2.61. The predicted molar refractivity (Wildman–Crippen MR) is 95.9 cm³/mol. The fraction of sp³-hybridized carbons (Fsp3) is 0.688. The monoisotopic (exact) mass is 404 g/mol. The van der Waals surface area contributed by atoms with Gasteiger partial charge in [-0.3, -0.25) is 19.2 Å². The molecule has 0 radical (unpaired) electrons. The third-order valence-electron chi connectivity index (χ3n) is 4.07. The lowest BCUT2D eigenvalue weighted by Crippen LogP contribution is -2.57. The molecule has 0 saturated heterocycles. The Bertz CT molecular complexity index is 597. The maximum Gasteiger partial charge on any atom is 0.326 e. The lowest BCUT2D eigenvalue weighted by molar-refractivity contribution is -0.144. The van der Waals surface area contributed by atoms with Crippen molar-refractivity contribution in [2.75, 3.05) is 6.61 Å². The van der Waals surface area contributed by atoms with E-state index < -0.39 is 72.8 Å². The molecule has 0 aliphatic rings. The first kappa shape index (κ1) is 25.3. The summed E-state index contributed by atoms with van der Waals surface area (Å²) in [6, 6.07) is -5.24. The van der Waals surface area contributed by atoms with Crippen molar-refractivity contribution in [3.63, 3.8) is 0 Å². The number of amides is 3. The number of aliphatic hydroxyl groups is 1. The Kier molecular flexibility index (Phi) is 10.7. The molecule has 0 aliphatic heterocycles. The van der Waals surface area contributed by atoms with Gasteiger partial charge in [-0.25, -0.2) is 4.79 Å². The Morgan fingerprint density at radius 1 is 0.929 bits per heavy atom. The molecule has 160 valence electrons. The average Bonchev–Trinajstić information content (AvgIpc) is 2.62. The van der Waals surface area contributed by atoms with Crippen LogP contribution in [0.1, 0.15) is 33.6 Å². The molecular weight excluding hydrogens is 376 g/mol. The van der Waals surface area contributed by atoms with Gasteiger partial charge >= 0.3 is 11.9 Å². The molecule has 0 saturated carbocycles. The van der Waals surface area contributed by atoms with Gasteiger partial charge < -0.3 is 37.0 Å². The third kappa shape index (κ3) is 8.31. The summed E-state index contributed by atoms with van der Waals surface area (Å²) in [4.78, 5) is 58.5. The zero-order chi connectivity index (χ0) is 22.0. The van der Waals surface area contributed by atoms with E-state index in [9.17, 15) is 29.1 Å². The average molecular weight is 404 g/mol. The lowest BCUT2D eigenvalue weighted by Gasteiger charge is -2.25. The van der Waals surface area contributed by atoms with Gasteiger partial charge in [-0.2, -0.15) is 0 Å². The van der Waals surface area contributed by atoms with Crippen LogP contribution in [0.25, 0.3) is 0 Å². The molecule has 28 heavy (non-hydrogen) atoms. The molecule has 0 aromatic heterocycles. The summed E-state index contributed by atoms with van der Waals surface area (Å²) < 4.78 is 0. The fourth-order valence-electron chi connectivity index (χ4n) is 2.09. The molecular formula is C16H28N4O8. The van der Waals surface area contributed by atoms with Gasteiger partial charge in [0.25, 0.3) is 0 Å². The second-order valence-corrected chi connectivity index (χ2v) is 6.39. The minimum atomic E-state index is -1.55. The third-order valence-corrected chi connectivity index (χ3v) is 4.07. The first-order chi connectivity index (χ1) is 12.9. The zero-order valence-corrected chi connectivity index (χ0v) is 16.0. The number of aliphatic hydroxyl groups excluding tert-OH is 1. The molecule has 0 bridgehead atoms. The van der Waals surface area contributed by atoms with E-state index in [4.69, 9.17) is 15.9 Å². The largest absolute Gasteiger partial charge is 0.481 e. The van der Waals surface area contributed by atoms with Gasteiger partial charge in [-0.1, -0.05) is 20.3 Å². The number of rotatable bonds is 12. The molecule has 0 rings (SSSR count). The van der Waals surface area contributed by atoms with Gasteiger partial charge in [-0.05, 0) is 12.8 Å². The van der Waals surface area contributed by atoms with E-state index in [1.165, 1.54) is 6.92 Å². The summed E-state index contributed by atoms with van der Waals surface area (Å²) in [6.07, 6.45) is -0.345. The van der Waals surface area contributed by atoms with E-state index in [2.05, 4.69) is 16.0 Å². The van der Waals surface area contributed by atoms with E-state index in [0.29, 0.717) is 6.42 Å². The lowest BCUT2D eigenvalue weighted by atomic mass is 9.98. The quantitative estimate of drug-likeness (QED) is 0.181. The molecule has 0 aromatic rings. The van der Waals surface area contributed by atoms with Crippen molar-refractivity contribution < 1.29 is 39.3 Å². The smallest absolute Gasteiger partial charge is 0.326 e. The molecule has 0 aliphatic carbocycles. The van der Waals surface area contributed by atoms with Crippen LogP contribution in [-0.4, -0.2) is 75.8 Å². The summed E-state index contributed by atoms with van der Waals surface area (Å²) >= 11 is 0. The van der Waals surface area contributed by atoms with E-state index in [-0.39, 0.29) is 0 Å². The number of carbonyl (C=O) groups excluding carboxylic acids is 3. The van der Waals surface area contributed by atoms with Crippen LogP contribution in [-0.2, 0) is 24.0 Å². The van der Waals surface area contributed by atoms with Crippen LogP contribution in [0.2, 0.25) is 0 Å². The molecule has 0 spiro atoms. The Morgan fingerprint density at radius 3 is 1.93 bits per heavy atom. The number of carbonyl (C=O) groups is 5. The Balaban J connectivity index is 5.17. The highest BCUT2D eigenvalue weighted by Gasteiger charge is 2.32. The minimum absolute atomic E-state index is 0.430. The van der Waals surface area contributed by atoms with E-state index >= 15 is 0 Å². The summed E-state index contributed by atoms with van der Waals surface area (Å²) in [5, 5.41) is 33.6. The maximum absolute atomic E-state index is 12.4. The molecule has 0 aromatic carbocycles. The van der Waals surface area contributed by atoms with Crippen molar-refractivity contribution >= 4 is 29.7 Å². The van der Waals surface area contributed by atoms with Crippen LogP contribution >= 0.6 is 0 Å². The van der Waals surface area contributed by atoms with Crippen molar-refractivity contribution in [1.82, 2.24) is 16.0 Å². The summed E-state index contributed by atoms with van der Waals surface area (Å²) in [5.41, 5.74) is 5.31. The number of carboxylic acid groups (broad SMARTS) is 2. The van der Waals surface area contributed by atoms with Crippen LogP contribution in [0.15, 0.2) is 0 Å². The number of hydrogen-bond acceptors (Lipinski definition) is 7.